The molecule has 1 N–H and O–H groups in total. The van der Waals surface area contributed by atoms with Crippen LogP contribution in [0.15, 0.2) is 0 Å². The van der Waals surface area contributed by atoms with Crippen molar-refractivity contribution in [3.8, 4) is 0 Å². The highest BCUT2D eigenvalue weighted by Gasteiger charge is 2.30. The number of hydrogen-bond donors (Lipinski definition) is 1. The summed E-state index contributed by atoms with van der Waals surface area (Å²) in [5.74, 6) is 0. The summed E-state index contributed by atoms with van der Waals surface area (Å²) in [4.78, 5) is 20.4. The first-order valence-corrected chi connectivity index (χ1v) is 14.2. The summed E-state index contributed by atoms with van der Waals surface area (Å²) in [5, 5.41) is 0. The van der Waals surface area contributed by atoms with E-state index in [0.717, 1.165) is 26.4 Å². The third kappa shape index (κ3) is 19.6. The van der Waals surface area contributed by atoms with E-state index < -0.39 is 13.3 Å². The number of hydrogen-bond acceptors (Lipinski definition) is 4. The Hall–Kier alpha value is -0.380. The molecule has 0 saturated heterocycles. The fourth-order valence-electron chi connectivity index (χ4n) is 3.67. The van der Waals surface area contributed by atoms with Gasteiger partial charge in [-0.05, 0) is 6.42 Å². The monoisotopic (exact) mass is 448 g/mol. The van der Waals surface area contributed by atoms with Crippen LogP contribution in [0.25, 0.3) is 0 Å². The molecule has 0 saturated carbocycles. The molecule has 0 aromatic rings. The van der Waals surface area contributed by atoms with Crippen molar-refractivity contribution >= 4 is 13.3 Å². The molecule has 30 heavy (non-hydrogen) atoms. The van der Waals surface area contributed by atoms with Crippen LogP contribution in [0.3, 0.4) is 0 Å². The predicted octanol–water partition coefficient (Wildman–Crippen LogP) is 8.78. The van der Waals surface area contributed by atoms with Crippen LogP contribution in [-0.4, -0.2) is 24.3 Å². The van der Waals surface area contributed by atoms with Gasteiger partial charge in [-0.3, -0.25) is 0 Å². The Morgan fingerprint density at radius 3 is 1.23 bits per heavy atom. The fourth-order valence-corrected chi connectivity index (χ4v) is 4.08. The van der Waals surface area contributed by atoms with E-state index in [1.807, 2.05) is 0 Å². The second kappa shape index (κ2) is 21.8. The van der Waals surface area contributed by atoms with E-state index in [1.165, 1.54) is 109 Å². The Labute approximate surface area is 186 Å². The van der Waals surface area contributed by atoms with Crippen LogP contribution in [0.5, 0.6) is 0 Å². The summed E-state index contributed by atoms with van der Waals surface area (Å²) >= 11 is 0. The van der Waals surface area contributed by atoms with Gasteiger partial charge in [0.15, 0.2) is 0 Å². The summed E-state index contributed by atoms with van der Waals surface area (Å²) < 4.78 is 20.2. The first-order chi connectivity index (χ1) is 14.5. The SMILES string of the molecule is CCCCCCCCCCCCCCCCCCCCCCOC(=O)P(=O)(O)OC. The minimum atomic E-state index is -4.22. The predicted molar refractivity (Wildman–Crippen MR) is 126 cm³/mol. The molecule has 0 fully saturated rings. The van der Waals surface area contributed by atoms with Crippen LogP contribution in [-0.2, 0) is 13.8 Å². The molecule has 0 heterocycles. The van der Waals surface area contributed by atoms with Crippen LogP contribution >= 0.6 is 7.60 Å². The van der Waals surface area contributed by atoms with Crippen molar-refractivity contribution in [3.05, 3.63) is 0 Å². The molecule has 0 aromatic carbocycles. The lowest BCUT2D eigenvalue weighted by Crippen LogP contribution is -2.05. The first kappa shape index (κ1) is 29.6. The standard InChI is InChI=1S/C24H49O5P/c1-3-4-5-6-7-8-9-10-11-12-13-14-15-16-17-18-19-20-21-22-23-29-24(25)30(26,27)28-2/h3-23H2,1-2H3,(H,26,27). The van der Waals surface area contributed by atoms with Crippen molar-refractivity contribution in [1.29, 1.82) is 0 Å². The van der Waals surface area contributed by atoms with Gasteiger partial charge in [-0.2, -0.15) is 0 Å². The molecule has 0 spiro atoms. The fraction of sp³-hybridized carbons (Fsp3) is 0.958. The number of rotatable bonds is 23. The van der Waals surface area contributed by atoms with Crippen LogP contribution < -0.4 is 0 Å². The zero-order valence-corrected chi connectivity index (χ0v) is 20.8. The summed E-state index contributed by atoms with van der Waals surface area (Å²) in [7, 11) is -3.19. The Bertz CT molecular complexity index is 428. The average Bonchev–Trinajstić information content (AvgIpc) is 2.74. The number of carbonyl (C=O) groups is 1. The molecule has 0 amide bonds. The molecule has 1 unspecified atom stereocenters. The van der Waals surface area contributed by atoms with Crippen LogP contribution in [0, 0.1) is 0 Å². The van der Waals surface area contributed by atoms with Gasteiger partial charge in [0, 0.05) is 7.11 Å². The van der Waals surface area contributed by atoms with E-state index in [0.29, 0.717) is 0 Å². The van der Waals surface area contributed by atoms with Crippen LogP contribution in [0.2, 0.25) is 0 Å². The van der Waals surface area contributed by atoms with Crippen molar-refractivity contribution in [1.82, 2.24) is 0 Å². The largest absolute Gasteiger partial charge is 0.457 e. The Morgan fingerprint density at radius 1 is 0.633 bits per heavy atom. The third-order valence-electron chi connectivity index (χ3n) is 5.70. The topological polar surface area (TPSA) is 72.8 Å². The average molecular weight is 449 g/mol. The van der Waals surface area contributed by atoms with E-state index in [-0.39, 0.29) is 6.61 Å². The van der Waals surface area contributed by atoms with E-state index in [2.05, 4.69) is 11.4 Å². The molecule has 0 aliphatic heterocycles. The van der Waals surface area contributed by atoms with Crippen molar-refractivity contribution in [2.24, 2.45) is 0 Å². The summed E-state index contributed by atoms with van der Waals surface area (Å²) in [6.07, 6.45) is 26.3. The normalized spacial score (nSPS) is 13.3. The molecule has 6 heteroatoms. The second-order valence-electron chi connectivity index (χ2n) is 8.53. The van der Waals surface area contributed by atoms with Gasteiger partial charge in [-0.1, -0.05) is 129 Å². The highest BCUT2D eigenvalue weighted by atomic mass is 31.2. The van der Waals surface area contributed by atoms with E-state index in [9.17, 15) is 9.36 Å². The highest BCUT2D eigenvalue weighted by molar-refractivity contribution is 7.70. The third-order valence-corrected chi connectivity index (χ3v) is 6.79. The van der Waals surface area contributed by atoms with Gasteiger partial charge in [-0.15, -0.1) is 0 Å². The maximum atomic E-state index is 11.2. The lowest BCUT2D eigenvalue weighted by Gasteiger charge is -2.08. The zero-order valence-electron chi connectivity index (χ0n) is 19.9. The lowest BCUT2D eigenvalue weighted by atomic mass is 10.0. The van der Waals surface area contributed by atoms with Crippen molar-refractivity contribution in [2.75, 3.05) is 13.7 Å². The molecule has 0 rings (SSSR count). The van der Waals surface area contributed by atoms with E-state index >= 15 is 0 Å². The van der Waals surface area contributed by atoms with Gasteiger partial charge in [-0.25, -0.2) is 9.36 Å². The van der Waals surface area contributed by atoms with Gasteiger partial charge >= 0.3 is 13.3 Å². The van der Waals surface area contributed by atoms with Crippen molar-refractivity contribution in [2.45, 2.75) is 135 Å². The molecule has 1 atom stereocenters. The highest BCUT2D eigenvalue weighted by Crippen LogP contribution is 2.42. The van der Waals surface area contributed by atoms with Gasteiger partial charge in [0.1, 0.15) is 0 Å². The van der Waals surface area contributed by atoms with Crippen molar-refractivity contribution < 1.29 is 23.5 Å². The smallest absolute Gasteiger partial charge is 0.435 e. The molecule has 0 aliphatic rings. The molecule has 5 nitrogen and oxygen atoms in total. The lowest BCUT2D eigenvalue weighted by molar-refractivity contribution is 0.158. The minimum Gasteiger partial charge on any atom is -0.457 e. The summed E-state index contributed by atoms with van der Waals surface area (Å²) in [6, 6.07) is 0. The molecular formula is C24H49O5P. The molecule has 0 aromatic heterocycles. The van der Waals surface area contributed by atoms with Gasteiger partial charge < -0.3 is 14.2 Å². The Morgan fingerprint density at radius 2 is 0.933 bits per heavy atom. The molecular weight excluding hydrogens is 399 g/mol. The molecule has 0 bridgehead atoms. The van der Waals surface area contributed by atoms with E-state index in [1.54, 1.807) is 0 Å². The molecule has 0 radical (unpaired) electrons. The van der Waals surface area contributed by atoms with Gasteiger partial charge in [0.05, 0.1) is 6.61 Å². The minimum absolute atomic E-state index is 0.186. The Kier molecular flexibility index (Phi) is 21.6. The zero-order chi connectivity index (χ0) is 22.3. The summed E-state index contributed by atoms with van der Waals surface area (Å²) in [6.45, 7) is 2.46. The van der Waals surface area contributed by atoms with Crippen molar-refractivity contribution in [3.63, 3.8) is 0 Å². The van der Waals surface area contributed by atoms with Crippen LogP contribution in [0.1, 0.15) is 135 Å². The molecule has 180 valence electrons. The maximum absolute atomic E-state index is 11.2. The number of carbonyl (C=O) groups excluding carboxylic acids is 1. The maximum Gasteiger partial charge on any atom is 0.435 e. The quantitative estimate of drug-likeness (QED) is 0.125. The van der Waals surface area contributed by atoms with Gasteiger partial charge in [0.2, 0.25) is 0 Å². The second-order valence-corrected chi connectivity index (χ2v) is 10.3. The number of unbranched alkanes of at least 4 members (excludes halogenated alkanes) is 19. The van der Waals surface area contributed by atoms with Gasteiger partial charge in [0.25, 0.3) is 0 Å². The van der Waals surface area contributed by atoms with E-state index in [4.69, 9.17) is 9.63 Å². The van der Waals surface area contributed by atoms with Crippen LogP contribution in [0.4, 0.5) is 4.79 Å². The number of ether oxygens (including phenoxy) is 1. The molecule has 0 aliphatic carbocycles. The first-order valence-electron chi connectivity index (χ1n) is 12.6. The summed E-state index contributed by atoms with van der Waals surface area (Å²) in [5.41, 5.74) is -1.15. The Balaban J connectivity index is 3.15.